The predicted octanol–water partition coefficient (Wildman–Crippen LogP) is 4.73. The monoisotopic (exact) mass is 410 g/mol. The molecule has 3 heterocycles. The Morgan fingerprint density at radius 1 is 1.21 bits per heavy atom. The molecule has 142 valence electrons. The molecule has 0 aliphatic rings. The number of anilines is 1. The number of hydrogen-bond donors (Lipinski definition) is 1. The Balaban J connectivity index is 1.28. The zero-order valence-electron chi connectivity index (χ0n) is 15.2. The maximum absolute atomic E-state index is 12.2. The lowest BCUT2D eigenvalue weighted by Gasteiger charge is -2.00. The van der Waals surface area contributed by atoms with E-state index < -0.39 is 0 Å². The van der Waals surface area contributed by atoms with Gasteiger partial charge in [-0.05, 0) is 23.9 Å². The van der Waals surface area contributed by atoms with Crippen LogP contribution in [0.3, 0.4) is 0 Å². The minimum Gasteiger partial charge on any atom is -0.339 e. The minimum atomic E-state index is -0.118. The van der Waals surface area contributed by atoms with Crippen molar-refractivity contribution in [3.63, 3.8) is 0 Å². The van der Waals surface area contributed by atoms with E-state index in [-0.39, 0.29) is 12.3 Å². The highest BCUT2D eigenvalue weighted by atomic mass is 32.1. The summed E-state index contributed by atoms with van der Waals surface area (Å²) in [5.41, 5.74) is 2.47. The van der Waals surface area contributed by atoms with Crippen molar-refractivity contribution in [3.05, 3.63) is 69.9 Å². The van der Waals surface area contributed by atoms with E-state index in [1.807, 2.05) is 23.7 Å². The Labute approximate surface area is 170 Å². The number of aryl methyl sites for hydroxylation is 2. The number of carbonyl (C=O) groups excluding carboxylic acids is 1. The molecular weight excluding hydrogens is 392 g/mol. The van der Waals surface area contributed by atoms with Crippen molar-refractivity contribution in [2.75, 3.05) is 5.32 Å². The molecule has 4 rings (SSSR count). The number of rotatable bonds is 7. The van der Waals surface area contributed by atoms with E-state index in [0.29, 0.717) is 23.3 Å². The molecule has 1 N–H and O–H groups in total. The molecule has 28 heavy (non-hydrogen) atoms. The minimum absolute atomic E-state index is 0.118. The first-order valence-electron chi connectivity index (χ1n) is 8.82. The average molecular weight is 411 g/mol. The van der Waals surface area contributed by atoms with Gasteiger partial charge in [0.25, 0.3) is 0 Å². The van der Waals surface area contributed by atoms with Crippen LogP contribution in [-0.4, -0.2) is 21.0 Å². The van der Waals surface area contributed by atoms with Crippen molar-refractivity contribution >= 4 is 33.7 Å². The Morgan fingerprint density at radius 3 is 2.86 bits per heavy atom. The molecule has 8 heteroatoms. The van der Waals surface area contributed by atoms with Gasteiger partial charge >= 0.3 is 0 Å². The van der Waals surface area contributed by atoms with Gasteiger partial charge in [0.2, 0.25) is 17.6 Å². The van der Waals surface area contributed by atoms with Crippen molar-refractivity contribution in [2.24, 2.45) is 0 Å². The van der Waals surface area contributed by atoms with Gasteiger partial charge in [0.15, 0.2) is 5.13 Å². The average Bonchev–Trinajstić information content (AvgIpc) is 3.44. The maximum atomic E-state index is 12.2. The molecule has 0 spiro atoms. The van der Waals surface area contributed by atoms with Crippen molar-refractivity contribution in [1.82, 2.24) is 15.1 Å². The number of nitrogens with zero attached hydrogens (tertiary/aromatic N) is 3. The normalized spacial score (nSPS) is 10.9. The number of hydrogen-bond acceptors (Lipinski definition) is 7. The molecule has 0 aliphatic heterocycles. The number of thiophene rings is 1. The van der Waals surface area contributed by atoms with E-state index in [1.165, 1.54) is 22.5 Å². The molecule has 0 saturated heterocycles. The molecule has 0 saturated carbocycles. The third-order valence-electron chi connectivity index (χ3n) is 4.07. The zero-order valence-corrected chi connectivity index (χ0v) is 16.8. The van der Waals surface area contributed by atoms with Crippen molar-refractivity contribution < 1.29 is 9.32 Å². The SMILES string of the molecule is Cc1ccc(Cc2cnc(NC(=O)CCc3nc(-c4cccs4)no3)s2)cc1. The molecular formula is C20H18N4O2S2. The topological polar surface area (TPSA) is 80.9 Å². The van der Waals surface area contributed by atoms with Gasteiger partial charge in [-0.3, -0.25) is 4.79 Å². The highest BCUT2D eigenvalue weighted by molar-refractivity contribution is 7.15. The van der Waals surface area contributed by atoms with E-state index in [2.05, 4.69) is 51.6 Å². The molecule has 1 aromatic carbocycles. The van der Waals surface area contributed by atoms with Gasteiger partial charge in [0.1, 0.15) is 0 Å². The Kier molecular flexibility index (Phi) is 5.59. The van der Waals surface area contributed by atoms with E-state index in [0.717, 1.165) is 16.2 Å². The van der Waals surface area contributed by atoms with E-state index in [4.69, 9.17) is 4.52 Å². The second-order valence-corrected chi connectivity index (χ2v) is 8.39. The summed E-state index contributed by atoms with van der Waals surface area (Å²) >= 11 is 3.04. The number of aromatic nitrogens is 3. The van der Waals surface area contributed by atoms with Crippen LogP contribution in [0.5, 0.6) is 0 Å². The highest BCUT2D eigenvalue weighted by Crippen LogP contribution is 2.23. The van der Waals surface area contributed by atoms with Crippen LogP contribution < -0.4 is 5.32 Å². The van der Waals surface area contributed by atoms with Crippen molar-refractivity contribution in [2.45, 2.75) is 26.2 Å². The second-order valence-electron chi connectivity index (χ2n) is 6.33. The summed E-state index contributed by atoms with van der Waals surface area (Å²) in [6, 6.07) is 12.3. The summed E-state index contributed by atoms with van der Waals surface area (Å²) in [5, 5.41) is 9.36. The zero-order chi connectivity index (χ0) is 19.3. The fourth-order valence-corrected chi connectivity index (χ4v) is 4.13. The third-order valence-corrected chi connectivity index (χ3v) is 5.85. The summed E-state index contributed by atoms with van der Waals surface area (Å²) in [6.07, 6.45) is 3.28. The van der Waals surface area contributed by atoms with Crippen LogP contribution in [0, 0.1) is 6.92 Å². The standard InChI is InChI=1S/C20H18N4O2S2/c1-13-4-6-14(7-5-13)11-15-12-21-20(28-15)22-17(25)8-9-18-23-19(24-26-18)16-3-2-10-27-16/h2-7,10,12H,8-9,11H2,1H3,(H,21,22,25). The number of thiazole rings is 1. The number of carbonyl (C=O) groups is 1. The fourth-order valence-electron chi connectivity index (χ4n) is 2.62. The third kappa shape index (κ3) is 4.71. The van der Waals surface area contributed by atoms with Crippen LogP contribution >= 0.6 is 22.7 Å². The van der Waals surface area contributed by atoms with Gasteiger partial charge in [-0.25, -0.2) is 4.98 Å². The molecule has 0 bridgehead atoms. The molecule has 0 aliphatic carbocycles. The molecule has 0 atom stereocenters. The number of nitrogens with one attached hydrogen (secondary N) is 1. The number of benzene rings is 1. The van der Waals surface area contributed by atoms with E-state index >= 15 is 0 Å². The summed E-state index contributed by atoms with van der Waals surface area (Å²) in [4.78, 5) is 22.9. The molecule has 0 fully saturated rings. The van der Waals surface area contributed by atoms with Crippen LogP contribution in [0.15, 0.2) is 52.5 Å². The summed E-state index contributed by atoms with van der Waals surface area (Å²) in [7, 11) is 0. The smallest absolute Gasteiger partial charge is 0.227 e. The quantitative estimate of drug-likeness (QED) is 0.477. The predicted molar refractivity (Wildman–Crippen MR) is 111 cm³/mol. The largest absolute Gasteiger partial charge is 0.339 e. The Hall–Kier alpha value is -2.84. The van der Waals surface area contributed by atoms with Crippen LogP contribution in [0.2, 0.25) is 0 Å². The van der Waals surface area contributed by atoms with Crippen molar-refractivity contribution in [1.29, 1.82) is 0 Å². The molecule has 3 aromatic heterocycles. The fraction of sp³-hybridized carbons (Fsp3) is 0.200. The van der Waals surface area contributed by atoms with Gasteiger partial charge < -0.3 is 9.84 Å². The molecule has 6 nitrogen and oxygen atoms in total. The lowest BCUT2D eigenvalue weighted by Crippen LogP contribution is -2.12. The molecule has 0 radical (unpaired) electrons. The first-order valence-corrected chi connectivity index (χ1v) is 10.5. The van der Waals surface area contributed by atoms with E-state index in [1.54, 1.807) is 11.3 Å². The van der Waals surface area contributed by atoms with Crippen LogP contribution in [0.1, 0.15) is 28.3 Å². The highest BCUT2D eigenvalue weighted by Gasteiger charge is 2.12. The van der Waals surface area contributed by atoms with Gasteiger partial charge in [0, 0.05) is 30.3 Å². The summed E-state index contributed by atoms with van der Waals surface area (Å²) < 4.78 is 5.22. The summed E-state index contributed by atoms with van der Waals surface area (Å²) in [5.74, 6) is 0.899. The molecule has 1 amide bonds. The van der Waals surface area contributed by atoms with Gasteiger partial charge in [-0.15, -0.1) is 22.7 Å². The van der Waals surface area contributed by atoms with Crippen LogP contribution in [0.4, 0.5) is 5.13 Å². The van der Waals surface area contributed by atoms with Gasteiger partial charge in [0.05, 0.1) is 4.88 Å². The van der Waals surface area contributed by atoms with Gasteiger partial charge in [-0.1, -0.05) is 41.1 Å². The van der Waals surface area contributed by atoms with Crippen LogP contribution in [-0.2, 0) is 17.6 Å². The lowest BCUT2D eigenvalue weighted by molar-refractivity contribution is -0.116. The lowest BCUT2D eigenvalue weighted by atomic mass is 10.1. The summed E-state index contributed by atoms with van der Waals surface area (Å²) in [6.45, 7) is 2.07. The second kappa shape index (κ2) is 8.45. The van der Waals surface area contributed by atoms with Crippen LogP contribution in [0.25, 0.3) is 10.7 Å². The van der Waals surface area contributed by atoms with Gasteiger partial charge in [-0.2, -0.15) is 4.98 Å². The van der Waals surface area contributed by atoms with Crippen molar-refractivity contribution in [3.8, 4) is 10.7 Å². The Bertz CT molecular complexity index is 1050. The first-order chi connectivity index (χ1) is 13.7. The Morgan fingerprint density at radius 2 is 2.07 bits per heavy atom. The molecule has 0 unspecified atom stereocenters. The number of amides is 1. The molecule has 4 aromatic rings. The maximum Gasteiger partial charge on any atom is 0.227 e. The first kappa shape index (κ1) is 18.5. The van der Waals surface area contributed by atoms with E-state index in [9.17, 15) is 4.79 Å².